The maximum Gasteiger partial charge on any atom is 0.239 e. The standard InChI is InChI=1S/C18H21N3O2S/c1-13-6-2-3-7-14(13)10-21-18(23)11-20-15-8-4-5-9-16(15)24-12-17(19)22/h2-9,20H,10-12H2,1H3,(H2,19,22)(H,21,23). The van der Waals surface area contributed by atoms with Crippen LogP contribution in [0.4, 0.5) is 5.69 Å². The molecule has 2 aromatic carbocycles. The molecule has 2 amide bonds. The van der Waals surface area contributed by atoms with Crippen LogP contribution in [0.3, 0.4) is 0 Å². The maximum atomic E-state index is 12.0. The van der Waals surface area contributed by atoms with E-state index < -0.39 is 0 Å². The molecule has 4 N–H and O–H groups in total. The molecule has 0 saturated carbocycles. The average Bonchev–Trinajstić information content (AvgIpc) is 2.58. The molecule has 0 aliphatic carbocycles. The minimum Gasteiger partial charge on any atom is -0.375 e. The van der Waals surface area contributed by atoms with Crippen molar-refractivity contribution in [3.8, 4) is 0 Å². The first-order valence-corrected chi connectivity index (χ1v) is 8.60. The van der Waals surface area contributed by atoms with Gasteiger partial charge >= 0.3 is 0 Å². The van der Waals surface area contributed by atoms with Gasteiger partial charge in [0.1, 0.15) is 0 Å². The highest BCUT2D eigenvalue weighted by atomic mass is 32.2. The van der Waals surface area contributed by atoms with Gasteiger partial charge in [-0.3, -0.25) is 9.59 Å². The Labute approximate surface area is 146 Å². The Morgan fingerprint density at radius 3 is 2.54 bits per heavy atom. The zero-order valence-electron chi connectivity index (χ0n) is 13.5. The second kappa shape index (κ2) is 8.98. The molecule has 0 radical (unpaired) electrons. The Hall–Kier alpha value is -2.47. The minimum absolute atomic E-state index is 0.0899. The number of anilines is 1. The van der Waals surface area contributed by atoms with Crippen LogP contribution in [0, 0.1) is 6.92 Å². The highest BCUT2D eigenvalue weighted by Gasteiger charge is 2.07. The molecule has 0 atom stereocenters. The van der Waals surface area contributed by atoms with E-state index in [1.54, 1.807) is 0 Å². The second-order valence-electron chi connectivity index (χ2n) is 5.31. The molecule has 0 saturated heterocycles. The molecule has 0 aliphatic heterocycles. The van der Waals surface area contributed by atoms with E-state index >= 15 is 0 Å². The maximum absolute atomic E-state index is 12.0. The van der Waals surface area contributed by atoms with Gasteiger partial charge in [0.05, 0.1) is 12.3 Å². The fourth-order valence-corrected chi connectivity index (χ4v) is 2.90. The number of primary amides is 1. The van der Waals surface area contributed by atoms with Gasteiger partial charge in [0.15, 0.2) is 0 Å². The number of para-hydroxylation sites is 1. The van der Waals surface area contributed by atoms with Crippen molar-refractivity contribution in [1.82, 2.24) is 5.32 Å². The van der Waals surface area contributed by atoms with Gasteiger partial charge < -0.3 is 16.4 Å². The van der Waals surface area contributed by atoms with Crippen molar-refractivity contribution in [2.75, 3.05) is 17.6 Å². The zero-order valence-corrected chi connectivity index (χ0v) is 14.4. The van der Waals surface area contributed by atoms with Crippen LogP contribution >= 0.6 is 11.8 Å². The van der Waals surface area contributed by atoms with Crippen LogP contribution < -0.4 is 16.4 Å². The van der Waals surface area contributed by atoms with E-state index in [0.29, 0.717) is 6.54 Å². The Balaban J connectivity index is 1.85. The van der Waals surface area contributed by atoms with Crippen LogP contribution in [0.2, 0.25) is 0 Å². The van der Waals surface area contributed by atoms with Gasteiger partial charge in [-0.05, 0) is 30.2 Å². The summed E-state index contributed by atoms with van der Waals surface area (Å²) in [5, 5.41) is 6.00. The number of benzene rings is 2. The zero-order chi connectivity index (χ0) is 17.4. The fourth-order valence-electron chi connectivity index (χ4n) is 2.13. The predicted molar refractivity (Wildman–Crippen MR) is 97.9 cm³/mol. The number of hydrogen-bond acceptors (Lipinski definition) is 4. The first kappa shape index (κ1) is 17.9. The third-order valence-corrected chi connectivity index (χ3v) is 4.53. The molecule has 0 bridgehead atoms. The van der Waals surface area contributed by atoms with Crippen LogP contribution in [0.1, 0.15) is 11.1 Å². The molecule has 0 fully saturated rings. The Morgan fingerprint density at radius 1 is 1.08 bits per heavy atom. The van der Waals surface area contributed by atoms with Crippen molar-refractivity contribution in [3.63, 3.8) is 0 Å². The van der Waals surface area contributed by atoms with Gasteiger partial charge in [-0.25, -0.2) is 0 Å². The predicted octanol–water partition coefficient (Wildman–Crippen LogP) is 2.30. The van der Waals surface area contributed by atoms with E-state index in [0.717, 1.165) is 21.7 Å². The molecule has 2 rings (SSSR count). The van der Waals surface area contributed by atoms with Crippen LogP contribution in [0.25, 0.3) is 0 Å². The number of nitrogens with one attached hydrogen (secondary N) is 2. The average molecular weight is 343 g/mol. The summed E-state index contributed by atoms with van der Waals surface area (Å²) in [4.78, 5) is 23.8. The smallest absolute Gasteiger partial charge is 0.239 e. The quantitative estimate of drug-likeness (QED) is 0.642. The van der Waals surface area contributed by atoms with Gasteiger partial charge in [0.2, 0.25) is 11.8 Å². The van der Waals surface area contributed by atoms with Crippen LogP contribution in [-0.2, 0) is 16.1 Å². The van der Waals surface area contributed by atoms with Gasteiger partial charge in [-0.2, -0.15) is 0 Å². The molecule has 0 spiro atoms. The summed E-state index contributed by atoms with van der Waals surface area (Å²) in [5.41, 5.74) is 8.24. The van der Waals surface area contributed by atoms with Crippen molar-refractivity contribution < 1.29 is 9.59 Å². The Kier molecular flexibility index (Phi) is 6.69. The molecule has 0 aromatic heterocycles. The van der Waals surface area contributed by atoms with Gasteiger partial charge in [-0.1, -0.05) is 36.4 Å². The highest BCUT2D eigenvalue weighted by Crippen LogP contribution is 2.26. The summed E-state index contributed by atoms with van der Waals surface area (Å²) in [6.45, 7) is 2.69. The third kappa shape index (κ3) is 5.62. The van der Waals surface area contributed by atoms with E-state index in [2.05, 4.69) is 10.6 Å². The van der Waals surface area contributed by atoms with Gasteiger partial charge in [-0.15, -0.1) is 11.8 Å². The Morgan fingerprint density at radius 2 is 1.79 bits per heavy atom. The molecule has 2 aromatic rings. The second-order valence-corrected chi connectivity index (χ2v) is 6.33. The number of aryl methyl sites for hydroxylation is 1. The first-order chi connectivity index (χ1) is 11.6. The van der Waals surface area contributed by atoms with E-state index in [4.69, 9.17) is 5.73 Å². The summed E-state index contributed by atoms with van der Waals surface area (Å²) in [6, 6.07) is 15.5. The van der Waals surface area contributed by atoms with E-state index in [1.165, 1.54) is 11.8 Å². The number of hydrogen-bond donors (Lipinski definition) is 3. The lowest BCUT2D eigenvalue weighted by Crippen LogP contribution is -2.29. The number of rotatable bonds is 8. The van der Waals surface area contributed by atoms with E-state index in [9.17, 15) is 9.59 Å². The van der Waals surface area contributed by atoms with Crippen LogP contribution in [0.15, 0.2) is 53.4 Å². The molecule has 24 heavy (non-hydrogen) atoms. The van der Waals surface area contributed by atoms with Gasteiger partial charge in [0, 0.05) is 17.1 Å². The van der Waals surface area contributed by atoms with Crippen molar-refractivity contribution in [2.24, 2.45) is 5.73 Å². The third-order valence-electron chi connectivity index (χ3n) is 3.43. The lowest BCUT2D eigenvalue weighted by atomic mass is 10.1. The number of carbonyl (C=O) groups is 2. The molecule has 0 aliphatic rings. The monoisotopic (exact) mass is 343 g/mol. The van der Waals surface area contributed by atoms with Crippen LogP contribution in [-0.4, -0.2) is 24.1 Å². The fraction of sp³-hybridized carbons (Fsp3) is 0.222. The summed E-state index contributed by atoms with van der Waals surface area (Å²) >= 11 is 1.35. The number of thioether (sulfide) groups is 1. The first-order valence-electron chi connectivity index (χ1n) is 7.61. The largest absolute Gasteiger partial charge is 0.375 e. The molecule has 0 heterocycles. The van der Waals surface area contributed by atoms with Crippen molar-refractivity contribution in [1.29, 1.82) is 0 Å². The van der Waals surface area contributed by atoms with Crippen LogP contribution in [0.5, 0.6) is 0 Å². The molecular formula is C18H21N3O2S. The van der Waals surface area contributed by atoms with Crippen molar-refractivity contribution >= 4 is 29.3 Å². The number of carbonyl (C=O) groups excluding carboxylic acids is 2. The minimum atomic E-state index is -0.370. The molecule has 6 heteroatoms. The van der Waals surface area contributed by atoms with E-state index in [-0.39, 0.29) is 24.1 Å². The SMILES string of the molecule is Cc1ccccc1CNC(=O)CNc1ccccc1SCC(N)=O. The van der Waals surface area contributed by atoms with Gasteiger partial charge in [0.25, 0.3) is 0 Å². The topological polar surface area (TPSA) is 84.2 Å². The molecule has 5 nitrogen and oxygen atoms in total. The molecular weight excluding hydrogens is 322 g/mol. The number of nitrogens with two attached hydrogens (primary N) is 1. The van der Waals surface area contributed by atoms with E-state index in [1.807, 2.05) is 55.5 Å². The summed E-state index contributed by atoms with van der Waals surface area (Å²) in [6.07, 6.45) is 0. The summed E-state index contributed by atoms with van der Waals surface area (Å²) < 4.78 is 0. The molecule has 126 valence electrons. The van der Waals surface area contributed by atoms with Crippen molar-refractivity contribution in [2.45, 2.75) is 18.4 Å². The highest BCUT2D eigenvalue weighted by molar-refractivity contribution is 8.00. The molecule has 0 unspecified atom stereocenters. The normalized spacial score (nSPS) is 10.2. The summed E-state index contributed by atoms with van der Waals surface area (Å²) in [5.74, 6) is -0.253. The lowest BCUT2D eigenvalue weighted by molar-refractivity contribution is -0.119. The Bertz CT molecular complexity index is 719. The number of amides is 2. The lowest BCUT2D eigenvalue weighted by Gasteiger charge is -2.12. The van der Waals surface area contributed by atoms with Crippen molar-refractivity contribution in [3.05, 3.63) is 59.7 Å². The summed E-state index contributed by atoms with van der Waals surface area (Å²) in [7, 11) is 0.